The summed E-state index contributed by atoms with van der Waals surface area (Å²) in [6.07, 6.45) is 2.92. The molecule has 34 heavy (non-hydrogen) atoms. The van der Waals surface area contributed by atoms with E-state index >= 15 is 0 Å². The van der Waals surface area contributed by atoms with E-state index in [9.17, 15) is 9.59 Å². The average Bonchev–Trinajstić information content (AvgIpc) is 2.77. The highest BCUT2D eigenvalue weighted by Gasteiger charge is 2.14. The topological polar surface area (TPSA) is 67.4 Å². The zero-order valence-electron chi connectivity index (χ0n) is 19.4. The van der Waals surface area contributed by atoms with Gasteiger partial charge in [0.2, 0.25) is 5.91 Å². The van der Waals surface area contributed by atoms with Gasteiger partial charge in [-0.3, -0.25) is 9.59 Å². The summed E-state index contributed by atoms with van der Waals surface area (Å²) in [5, 5.41) is 6.42. The van der Waals surface area contributed by atoms with Crippen LogP contribution in [0.25, 0.3) is 6.08 Å². The lowest BCUT2D eigenvalue weighted by atomic mass is 9.87. The first-order valence-electron chi connectivity index (χ1n) is 10.6. The number of carbonyl (C=O) groups is 2. The molecule has 0 spiro atoms. The van der Waals surface area contributed by atoms with Crippen LogP contribution in [0.2, 0.25) is 10.0 Å². The third-order valence-corrected chi connectivity index (χ3v) is 5.56. The molecule has 0 aliphatic heterocycles. The van der Waals surface area contributed by atoms with Crippen molar-refractivity contribution in [3.63, 3.8) is 0 Å². The molecule has 7 heteroatoms. The van der Waals surface area contributed by atoms with Gasteiger partial charge in [0.1, 0.15) is 5.75 Å². The molecular weight excluding hydrogens is 471 g/mol. The summed E-state index contributed by atoms with van der Waals surface area (Å²) in [4.78, 5) is 25.1. The fourth-order valence-corrected chi connectivity index (χ4v) is 3.85. The highest BCUT2D eigenvalue weighted by Crippen LogP contribution is 2.33. The fourth-order valence-electron chi connectivity index (χ4n) is 3.27. The number of rotatable bonds is 6. The SMILES string of the molecule is COc1c(Cl)cc(Cl)cc1/C=C/C(=O)Nc1cccc(NC(=O)c2ccc(C(C)(C)C)cc2)c1. The van der Waals surface area contributed by atoms with Crippen molar-refractivity contribution in [1.29, 1.82) is 0 Å². The predicted octanol–water partition coefficient (Wildman–Crippen LogP) is 7.20. The number of halogens is 2. The van der Waals surface area contributed by atoms with Gasteiger partial charge in [-0.05, 0) is 59.5 Å². The van der Waals surface area contributed by atoms with Gasteiger partial charge in [-0.2, -0.15) is 0 Å². The number of ether oxygens (including phenoxy) is 1. The van der Waals surface area contributed by atoms with Crippen molar-refractivity contribution >= 4 is 52.5 Å². The van der Waals surface area contributed by atoms with E-state index < -0.39 is 0 Å². The van der Waals surface area contributed by atoms with Crippen molar-refractivity contribution in [1.82, 2.24) is 0 Å². The molecule has 3 aromatic carbocycles. The van der Waals surface area contributed by atoms with Gasteiger partial charge in [0, 0.05) is 33.6 Å². The largest absolute Gasteiger partial charge is 0.495 e. The predicted molar refractivity (Wildman–Crippen MR) is 140 cm³/mol. The molecule has 0 bridgehead atoms. The molecule has 0 saturated carbocycles. The Hall–Kier alpha value is -3.28. The third-order valence-electron chi connectivity index (χ3n) is 5.06. The normalized spacial score (nSPS) is 11.4. The Morgan fingerprint density at radius 3 is 2.18 bits per heavy atom. The minimum atomic E-state index is -0.362. The maximum atomic E-state index is 12.6. The Morgan fingerprint density at radius 2 is 1.56 bits per heavy atom. The lowest BCUT2D eigenvalue weighted by Gasteiger charge is -2.19. The highest BCUT2D eigenvalue weighted by atomic mass is 35.5. The van der Waals surface area contributed by atoms with Crippen LogP contribution in [0.1, 0.15) is 42.3 Å². The highest BCUT2D eigenvalue weighted by molar-refractivity contribution is 6.36. The number of methoxy groups -OCH3 is 1. The molecule has 3 aromatic rings. The van der Waals surface area contributed by atoms with Crippen LogP contribution in [0.15, 0.2) is 66.7 Å². The molecule has 0 unspecified atom stereocenters. The second kappa shape index (κ2) is 10.8. The Kier molecular flexibility index (Phi) is 8.02. The number of carbonyl (C=O) groups excluding carboxylic acids is 2. The first-order chi connectivity index (χ1) is 16.1. The summed E-state index contributed by atoms with van der Waals surface area (Å²) in [7, 11) is 1.49. The summed E-state index contributed by atoms with van der Waals surface area (Å²) in [6.45, 7) is 6.37. The van der Waals surface area contributed by atoms with Crippen LogP contribution in [-0.2, 0) is 10.2 Å². The second-order valence-corrected chi connectivity index (χ2v) is 9.54. The summed E-state index contributed by atoms with van der Waals surface area (Å²) >= 11 is 12.2. The third kappa shape index (κ3) is 6.62. The standard InChI is InChI=1S/C27H26Cl2N2O3/c1-27(2,3)19-11-8-17(9-12-19)26(33)31-22-7-5-6-21(16-22)30-24(32)13-10-18-14-20(28)15-23(29)25(18)34-4/h5-16H,1-4H3,(H,30,32)(H,31,33)/b13-10+. The number of amides is 2. The number of hydrogen-bond acceptors (Lipinski definition) is 3. The Balaban J connectivity index is 1.67. The van der Waals surface area contributed by atoms with E-state index in [2.05, 4.69) is 31.4 Å². The van der Waals surface area contributed by atoms with E-state index in [1.54, 1.807) is 42.5 Å². The molecule has 0 aliphatic rings. The summed E-state index contributed by atoms with van der Waals surface area (Å²) < 4.78 is 5.28. The molecule has 2 N–H and O–H groups in total. The molecule has 0 heterocycles. The van der Waals surface area contributed by atoms with E-state index in [0.717, 1.165) is 5.56 Å². The van der Waals surface area contributed by atoms with E-state index in [-0.39, 0.29) is 17.2 Å². The second-order valence-electron chi connectivity index (χ2n) is 8.69. The summed E-state index contributed by atoms with van der Waals surface area (Å²) in [5.74, 6) is -0.163. The zero-order valence-corrected chi connectivity index (χ0v) is 20.9. The van der Waals surface area contributed by atoms with Gasteiger partial charge < -0.3 is 15.4 Å². The van der Waals surface area contributed by atoms with Gasteiger partial charge in [0.15, 0.2) is 0 Å². The lowest BCUT2D eigenvalue weighted by molar-refractivity contribution is -0.111. The van der Waals surface area contributed by atoms with Gasteiger partial charge in [0.05, 0.1) is 12.1 Å². The Bertz CT molecular complexity index is 1230. The lowest BCUT2D eigenvalue weighted by Crippen LogP contribution is -2.14. The molecule has 176 valence electrons. The molecule has 0 atom stereocenters. The van der Waals surface area contributed by atoms with Crippen LogP contribution in [-0.4, -0.2) is 18.9 Å². The van der Waals surface area contributed by atoms with Crippen molar-refractivity contribution < 1.29 is 14.3 Å². The monoisotopic (exact) mass is 496 g/mol. The van der Waals surface area contributed by atoms with E-state index in [0.29, 0.717) is 38.3 Å². The minimum Gasteiger partial charge on any atom is -0.495 e. The quantitative estimate of drug-likeness (QED) is 0.354. The van der Waals surface area contributed by atoms with Crippen molar-refractivity contribution in [2.75, 3.05) is 17.7 Å². The zero-order chi connectivity index (χ0) is 24.9. The van der Waals surface area contributed by atoms with Crippen molar-refractivity contribution in [3.8, 4) is 5.75 Å². The van der Waals surface area contributed by atoms with Crippen molar-refractivity contribution in [2.24, 2.45) is 0 Å². The average molecular weight is 497 g/mol. The maximum Gasteiger partial charge on any atom is 0.255 e. The Labute approximate surface area is 209 Å². The Morgan fingerprint density at radius 1 is 0.912 bits per heavy atom. The molecule has 0 radical (unpaired) electrons. The number of benzene rings is 3. The summed E-state index contributed by atoms with van der Waals surface area (Å²) in [5.41, 5.74) is 3.40. The van der Waals surface area contributed by atoms with E-state index in [1.165, 1.54) is 13.2 Å². The van der Waals surface area contributed by atoms with Crippen LogP contribution >= 0.6 is 23.2 Å². The van der Waals surface area contributed by atoms with Gasteiger partial charge in [-0.25, -0.2) is 0 Å². The van der Waals surface area contributed by atoms with Crippen LogP contribution in [0.5, 0.6) is 5.75 Å². The maximum absolute atomic E-state index is 12.6. The first-order valence-corrected chi connectivity index (χ1v) is 11.4. The van der Waals surface area contributed by atoms with Crippen LogP contribution < -0.4 is 15.4 Å². The van der Waals surface area contributed by atoms with Gasteiger partial charge in [0.25, 0.3) is 5.91 Å². The summed E-state index contributed by atoms with van der Waals surface area (Å²) in [6, 6.07) is 17.7. The number of hydrogen-bond donors (Lipinski definition) is 2. The molecule has 0 aliphatic carbocycles. The van der Waals surface area contributed by atoms with E-state index in [1.807, 2.05) is 24.3 Å². The molecule has 2 amide bonds. The molecule has 5 nitrogen and oxygen atoms in total. The van der Waals surface area contributed by atoms with Crippen LogP contribution in [0.3, 0.4) is 0 Å². The van der Waals surface area contributed by atoms with Crippen LogP contribution in [0, 0.1) is 0 Å². The molecule has 3 rings (SSSR count). The fraction of sp³-hybridized carbons (Fsp3) is 0.185. The molecular formula is C27H26Cl2N2O3. The molecule has 0 aromatic heterocycles. The number of nitrogens with one attached hydrogen (secondary N) is 2. The van der Waals surface area contributed by atoms with E-state index in [4.69, 9.17) is 27.9 Å². The van der Waals surface area contributed by atoms with Crippen molar-refractivity contribution in [2.45, 2.75) is 26.2 Å². The minimum absolute atomic E-state index is 0.0140. The van der Waals surface area contributed by atoms with Gasteiger partial charge in [-0.15, -0.1) is 0 Å². The van der Waals surface area contributed by atoms with Gasteiger partial charge >= 0.3 is 0 Å². The first kappa shape index (κ1) is 25.3. The van der Waals surface area contributed by atoms with Gasteiger partial charge in [-0.1, -0.05) is 62.2 Å². The molecule has 0 saturated heterocycles. The number of anilines is 2. The van der Waals surface area contributed by atoms with Crippen molar-refractivity contribution in [3.05, 3.63) is 93.5 Å². The van der Waals surface area contributed by atoms with Crippen LogP contribution in [0.4, 0.5) is 11.4 Å². The molecule has 0 fully saturated rings. The smallest absolute Gasteiger partial charge is 0.255 e.